The third kappa shape index (κ3) is 2.94. The van der Waals surface area contributed by atoms with E-state index in [-0.39, 0.29) is 12.0 Å². The quantitative estimate of drug-likeness (QED) is 0.757. The maximum atomic E-state index is 11.8. The molecular weight excluding hydrogens is 190 g/mol. The molecular formula is C12H21NO2. The Morgan fingerprint density at radius 3 is 2.80 bits per heavy atom. The smallest absolute Gasteiger partial charge is 0.249 e. The lowest BCUT2D eigenvalue weighted by Gasteiger charge is -2.28. The Morgan fingerprint density at radius 1 is 1.27 bits per heavy atom. The SMILES string of the molecule is CC1CCCC(NC(=O)C2CCCO2)C1. The molecule has 3 unspecified atom stereocenters. The van der Waals surface area contributed by atoms with E-state index < -0.39 is 0 Å². The minimum atomic E-state index is -0.165. The topological polar surface area (TPSA) is 38.3 Å². The molecule has 2 fully saturated rings. The van der Waals surface area contributed by atoms with E-state index in [0.717, 1.165) is 38.2 Å². The highest BCUT2D eigenvalue weighted by Gasteiger charge is 2.27. The van der Waals surface area contributed by atoms with E-state index in [1.165, 1.54) is 12.8 Å². The molecule has 0 spiro atoms. The number of hydrogen-bond acceptors (Lipinski definition) is 2. The van der Waals surface area contributed by atoms with Crippen LogP contribution in [0.1, 0.15) is 45.4 Å². The molecule has 1 aliphatic heterocycles. The molecule has 2 rings (SSSR count). The number of rotatable bonds is 2. The Labute approximate surface area is 91.6 Å². The Hall–Kier alpha value is -0.570. The molecule has 0 aromatic rings. The molecule has 15 heavy (non-hydrogen) atoms. The summed E-state index contributed by atoms with van der Waals surface area (Å²) in [5, 5.41) is 3.13. The lowest BCUT2D eigenvalue weighted by molar-refractivity contribution is -0.131. The Bertz CT molecular complexity index is 224. The van der Waals surface area contributed by atoms with Crippen LogP contribution in [-0.2, 0) is 9.53 Å². The summed E-state index contributed by atoms with van der Waals surface area (Å²) >= 11 is 0. The minimum Gasteiger partial charge on any atom is -0.368 e. The van der Waals surface area contributed by atoms with Crippen LogP contribution in [0.3, 0.4) is 0 Å². The van der Waals surface area contributed by atoms with E-state index in [4.69, 9.17) is 4.74 Å². The van der Waals surface area contributed by atoms with Crippen LogP contribution in [0.5, 0.6) is 0 Å². The zero-order valence-corrected chi connectivity index (χ0v) is 9.50. The molecule has 3 heteroatoms. The van der Waals surface area contributed by atoms with Gasteiger partial charge in [0.15, 0.2) is 0 Å². The molecule has 1 saturated heterocycles. The fraction of sp³-hybridized carbons (Fsp3) is 0.917. The first-order valence-electron chi connectivity index (χ1n) is 6.17. The standard InChI is InChI=1S/C12H21NO2/c1-9-4-2-5-10(8-9)13-12(14)11-6-3-7-15-11/h9-11H,2-8H2,1H3,(H,13,14). The van der Waals surface area contributed by atoms with Gasteiger partial charge in [-0.3, -0.25) is 4.79 Å². The van der Waals surface area contributed by atoms with Crippen LogP contribution in [-0.4, -0.2) is 24.7 Å². The monoisotopic (exact) mass is 211 g/mol. The van der Waals surface area contributed by atoms with Crippen molar-refractivity contribution in [2.45, 2.75) is 57.6 Å². The van der Waals surface area contributed by atoms with Crippen LogP contribution in [0.25, 0.3) is 0 Å². The number of hydrogen-bond donors (Lipinski definition) is 1. The van der Waals surface area contributed by atoms with E-state index in [0.29, 0.717) is 6.04 Å². The van der Waals surface area contributed by atoms with Gasteiger partial charge >= 0.3 is 0 Å². The van der Waals surface area contributed by atoms with Crippen molar-refractivity contribution in [3.63, 3.8) is 0 Å². The van der Waals surface area contributed by atoms with E-state index in [1.807, 2.05) is 0 Å². The molecule has 0 aromatic carbocycles. The first-order valence-corrected chi connectivity index (χ1v) is 6.17. The highest BCUT2D eigenvalue weighted by molar-refractivity contribution is 5.81. The molecule has 1 N–H and O–H groups in total. The van der Waals surface area contributed by atoms with Gasteiger partial charge < -0.3 is 10.1 Å². The molecule has 0 bridgehead atoms. The van der Waals surface area contributed by atoms with E-state index in [1.54, 1.807) is 0 Å². The molecule has 0 radical (unpaired) electrons. The van der Waals surface area contributed by atoms with Crippen molar-refractivity contribution in [2.24, 2.45) is 5.92 Å². The number of carbonyl (C=O) groups is 1. The fourth-order valence-electron chi connectivity index (χ4n) is 2.64. The van der Waals surface area contributed by atoms with Crippen LogP contribution < -0.4 is 5.32 Å². The van der Waals surface area contributed by atoms with Crippen LogP contribution in [0.15, 0.2) is 0 Å². The Morgan fingerprint density at radius 2 is 2.13 bits per heavy atom. The highest BCUT2D eigenvalue weighted by atomic mass is 16.5. The van der Waals surface area contributed by atoms with Crippen molar-refractivity contribution in [2.75, 3.05) is 6.61 Å². The van der Waals surface area contributed by atoms with Crippen LogP contribution >= 0.6 is 0 Å². The lowest BCUT2D eigenvalue weighted by Crippen LogP contribution is -2.43. The summed E-state index contributed by atoms with van der Waals surface area (Å²) in [6, 6.07) is 0.394. The summed E-state index contributed by atoms with van der Waals surface area (Å²) in [6.45, 7) is 3.02. The van der Waals surface area contributed by atoms with Gasteiger partial charge in [-0.1, -0.05) is 19.8 Å². The first kappa shape index (κ1) is 10.9. The van der Waals surface area contributed by atoms with Crippen molar-refractivity contribution in [3.05, 3.63) is 0 Å². The van der Waals surface area contributed by atoms with Gasteiger partial charge in [-0.2, -0.15) is 0 Å². The van der Waals surface area contributed by atoms with Crippen LogP contribution in [0.2, 0.25) is 0 Å². The summed E-state index contributed by atoms with van der Waals surface area (Å²) in [6.07, 6.45) is 6.60. The molecule has 2 aliphatic rings. The number of carbonyl (C=O) groups excluding carboxylic acids is 1. The molecule has 1 amide bonds. The van der Waals surface area contributed by atoms with Crippen molar-refractivity contribution in [1.82, 2.24) is 5.32 Å². The Balaban J connectivity index is 1.77. The first-order chi connectivity index (χ1) is 7.25. The van der Waals surface area contributed by atoms with Crippen molar-refractivity contribution in [1.29, 1.82) is 0 Å². The normalized spacial score (nSPS) is 36.5. The Kier molecular flexibility index (Phi) is 3.62. The molecule has 86 valence electrons. The van der Waals surface area contributed by atoms with Gasteiger partial charge in [0.1, 0.15) is 6.10 Å². The predicted octanol–water partition coefficient (Wildman–Crippen LogP) is 1.86. The maximum Gasteiger partial charge on any atom is 0.249 e. The van der Waals surface area contributed by atoms with E-state index in [2.05, 4.69) is 12.2 Å². The zero-order chi connectivity index (χ0) is 10.7. The largest absolute Gasteiger partial charge is 0.368 e. The van der Waals surface area contributed by atoms with Gasteiger partial charge in [-0.05, 0) is 31.6 Å². The lowest BCUT2D eigenvalue weighted by atomic mass is 9.87. The minimum absolute atomic E-state index is 0.117. The average molecular weight is 211 g/mol. The molecule has 0 aromatic heterocycles. The van der Waals surface area contributed by atoms with Gasteiger partial charge in [-0.25, -0.2) is 0 Å². The number of nitrogens with one attached hydrogen (secondary N) is 1. The van der Waals surface area contributed by atoms with E-state index in [9.17, 15) is 4.79 Å². The number of ether oxygens (including phenoxy) is 1. The predicted molar refractivity (Wildman–Crippen MR) is 58.5 cm³/mol. The van der Waals surface area contributed by atoms with Crippen LogP contribution in [0.4, 0.5) is 0 Å². The van der Waals surface area contributed by atoms with Crippen molar-refractivity contribution in [3.8, 4) is 0 Å². The third-order valence-electron chi connectivity index (χ3n) is 3.50. The molecule has 3 atom stereocenters. The maximum absolute atomic E-state index is 11.8. The second kappa shape index (κ2) is 4.97. The summed E-state index contributed by atoms with van der Waals surface area (Å²) in [5.74, 6) is 0.875. The third-order valence-corrected chi connectivity index (χ3v) is 3.50. The molecule has 3 nitrogen and oxygen atoms in total. The van der Waals surface area contributed by atoms with Crippen LogP contribution in [0, 0.1) is 5.92 Å². The van der Waals surface area contributed by atoms with Crippen molar-refractivity contribution < 1.29 is 9.53 Å². The average Bonchev–Trinajstić information content (AvgIpc) is 2.70. The molecule has 1 heterocycles. The second-order valence-corrected chi connectivity index (χ2v) is 4.98. The summed E-state index contributed by atoms with van der Waals surface area (Å²) in [5.41, 5.74) is 0. The van der Waals surface area contributed by atoms with Gasteiger partial charge in [0.25, 0.3) is 0 Å². The molecule has 1 saturated carbocycles. The number of amides is 1. The van der Waals surface area contributed by atoms with Gasteiger partial charge in [0.2, 0.25) is 5.91 Å². The second-order valence-electron chi connectivity index (χ2n) is 4.98. The van der Waals surface area contributed by atoms with Gasteiger partial charge in [0.05, 0.1) is 0 Å². The summed E-state index contributed by atoms with van der Waals surface area (Å²) < 4.78 is 5.37. The summed E-state index contributed by atoms with van der Waals surface area (Å²) in [4.78, 5) is 11.8. The van der Waals surface area contributed by atoms with Gasteiger partial charge in [-0.15, -0.1) is 0 Å². The molecule has 1 aliphatic carbocycles. The van der Waals surface area contributed by atoms with Crippen molar-refractivity contribution >= 4 is 5.91 Å². The van der Waals surface area contributed by atoms with E-state index >= 15 is 0 Å². The highest BCUT2D eigenvalue weighted by Crippen LogP contribution is 2.24. The summed E-state index contributed by atoms with van der Waals surface area (Å²) in [7, 11) is 0. The fourth-order valence-corrected chi connectivity index (χ4v) is 2.64. The zero-order valence-electron chi connectivity index (χ0n) is 9.50. The van der Waals surface area contributed by atoms with Gasteiger partial charge in [0, 0.05) is 12.6 Å².